The first-order chi connectivity index (χ1) is 11.8. The van der Waals surface area contributed by atoms with Crippen LogP contribution in [0.2, 0.25) is 0 Å². The Morgan fingerprint density at radius 2 is 1.96 bits per heavy atom. The Bertz CT molecular complexity index is 683. The predicted molar refractivity (Wildman–Crippen MR) is 98.4 cm³/mol. The smallest absolute Gasteiger partial charge is 0.119 e. The summed E-state index contributed by atoms with van der Waals surface area (Å²) in [5.74, 6) is 0.996. The van der Waals surface area contributed by atoms with Gasteiger partial charge < -0.3 is 4.74 Å². The fraction of sp³-hybridized carbons (Fsp3) is 0.455. The summed E-state index contributed by atoms with van der Waals surface area (Å²) in [5, 5.41) is 0. The zero-order valence-corrected chi connectivity index (χ0v) is 14.6. The first-order valence-electron chi connectivity index (χ1n) is 9.22. The Morgan fingerprint density at radius 3 is 2.79 bits per heavy atom. The second-order valence-corrected chi connectivity index (χ2v) is 7.47. The van der Waals surface area contributed by atoms with E-state index in [0.29, 0.717) is 5.41 Å². The highest BCUT2D eigenvalue weighted by Gasteiger charge is 2.43. The molecule has 2 aromatic carbocycles. The van der Waals surface area contributed by atoms with Crippen LogP contribution in [0.3, 0.4) is 0 Å². The maximum Gasteiger partial charge on any atom is 0.119 e. The zero-order chi connectivity index (χ0) is 16.4. The molecule has 1 saturated heterocycles. The Morgan fingerprint density at radius 1 is 1.08 bits per heavy atom. The van der Waals surface area contributed by atoms with Crippen LogP contribution in [0, 0.1) is 0 Å². The van der Waals surface area contributed by atoms with Crippen LogP contribution >= 0.6 is 0 Å². The van der Waals surface area contributed by atoms with Gasteiger partial charge in [0.15, 0.2) is 0 Å². The molecule has 1 saturated carbocycles. The second kappa shape index (κ2) is 6.60. The van der Waals surface area contributed by atoms with Crippen molar-refractivity contribution in [1.29, 1.82) is 0 Å². The summed E-state index contributed by atoms with van der Waals surface area (Å²) in [6.07, 6.45) is 6.58. The van der Waals surface area contributed by atoms with E-state index in [4.69, 9.17) is 4.74 Å². The lowest BCUT2D eigenvalue weighted by molar-refractivity contribution is 0.0458. The molecule has 0 aromatic heterocycles. The van der Waals surface area contributed by atoms with Crippen molar-refractivity contribution in [3.8, 4) is 5.75 Å². The maximum absolute atomic E-state index is 5.47. The average Bonchev–Trinajstić information content (AvgIpc) is 2.65. The van der Waals surface area contributed by atoms with Gasteiger partial charge >= 0.3 is 0 Å². The van der Waals surface area contributed by atoms with E-state index >= 15 is 0 Å². The van der Waals surface area contributed by atoms with Crippen molar-refractivity contribution in [1.82, 2.24) is 4.90 Å². The topological polar surface area (TPSA) is 12.5 Å². The maximum atomic E-state index is 5.47. The minimum absolute atomic E-state index is 0.366. The SMILES string of the molecule is COc1cccc([C@]23CCC[C@H](C2)N(Cc2ccccc2)CC3)c1. The molecule has 126 valence electrons. The zero-order valence-electron chi connectivity index (χ0n) is 14.6. The molecule has 24 heavy (non-hydrogen) atoms. The molecule has 2 aliphatic rings. The standard InChI is InChI=1S/C22H27NO/c1-24-21-11-5-9-19(15-21)22-12-6-10-20(16-22)23(14-13-22)17-18-7-3-2-4-8-18/h2-5,7-9,11,15,20H,6,10,12-14,16-17H2,1H3/t20-,22+/m1/s1. The Kier molecular flexibility index (Phi) is 4.32. The van der Waals surface area contributed by atoms with E-state index in [1.165, 1.54) is 49.8 Å². The molecule has 0 radical (unpaired) electrons. The number of rotatable bonds is 4. The highest BCUT2D eigenvalue weighted by atomic mass is 16.5. The molecule has 4 rings (SSSR count). The van der Waals surface area contributed by atoms with Gasteiger partial charge in [-0.15, -0.1) is 0 Å². The molecular formula is C22H27NO. The molecule has 2 nitrogen and oxygen atoms in total. The van der Waals surface area contributed by atoms with E-state index in [1.54, 1.807) is 7.11 Å². The molecule has 2 atom stereocenters. The molecule has 0 spiro atoms. The van der Waals surface area contributed by atoms with Gasteiger partial charge in [-0.3, -0.25) is 4.90 Å². The summed E-state index contributed by atoms with van der Waals surface area (Å²) in [5.41, 5.74) is 3.30. The van der Waals surface area contributed by atoms with E-state index in [2.05, 4.69) is 59.5 Å². The number of hydrogen-bond acceptors (Lipinski definition) is 2. The molecule has 0 N–H and O–H groups in total. The number of piperidine rings is 1. The molecule has 2 bridgehead atoms. The van der Waals surface area contributed by atoms with Crippen LogP contribution in [-0.4, -0.2) is 24.6 Å². The first kappa shape index (κ1) is 15.7. The van der Waals surface area contributed by atoms with Gasteiger partial charge in [0, 0.05) is 12.6 Å². The molecule has 1 heterocycles. The third-order valence-corrected chi connectivity index (χ3v) is 6.12. The van der Waals surface area contributed by atoms with Gasteiger partial charge in [-0.2, -0.15) is 0 Å². The largest absolute Gasteiger partial charge is 0.497 e. The van der Waals surface area contributed by atoms with Crippen molar-refractivity contribution in [2.45, 2.75) is 50.1 Å². The van der Waals surface area contributed by atoms with Crippen LogP contribution in [0.5, 0.6) is 5.75 Å². The van der Waals surface area contributed by atoms with E-state index in [-0.39, 0.29) is 0 Å². The van der Waals surface area contributed by atoms with Crippen molar-refractivity contribution in [3.05, 3.63) is 65.7 Å². The van der Waals surface area contributed by atoms with E-state index in [9.17, 15) is 0 Å². The number of benzene rings is 2. The van der Waals surface area contributed by atoms with Crippen LogP contribution in [-0.2, 0) is 12.0 Å². The Balaban J connectivity index is 1.54. The van der Waals surface area contributed by atoms with Gasteiger partial charge in [-0.05, 0) is 60.9 Å². The highest BCUT2D eigenvalue weighted by Crippen LogP contribution is 2.47. The third kappa shape index (κ3) is 2.95. The van der Waals surface area contributed by atoms with Gasteiger partial charge in [-0.1, -0.05) is 48.9 Å². The predicted octanol–water partition coefficient (Wildman–Crippen LogP) is 4.78. The lowest BCUT2D eigenvalue weighted by atomic mass is 9.63. The monoisotopic (exact) mass is 321 g/mol. The van der Waals surface area contributed by atoms with E-state index in [0.717, 1.165) is 18.3 Å². The molecule has 2 aromatic rings. The van der Waals surface area contributed by atoms with Crippen molar-refractivity contribution >= 4 is 0 Å². The first-order valence-corrected chi connectivity index (χ1v) is 9.22. The van der Waals surface area contributed by atoms with Crippen molar-refractivity contribution < 1.29 is 4.74 Å². The molecule has 0 unspecified atom stereocenters. The quantitative estimate of drug-likeness (QED) is 0.803. The number of nitrogens with zero attached hydrogens (tertiary/aromatic N) is 1. The van der Waals surface area contributed by atoms with Crippen molar-refractivity contribution in [3.63, 3.8) is 0 Å². The minimum atomic E-state index is 0.366. The van der Waals surface area contributed by atoms with Gasteiger partial charge in [0.2, 0.25) is 0 Å². The fourth-order valence-corrected chi connectivity index (χ4v) is 4.80. The van der Waals surface area contributed by atoms with Crippen molar-refractivity contribution in [2.75, 3.05) is 13.7 Å². The van der Waals surface area contributed by atoms with Crippen molar-refractivity contribution in [2.24, 2.45) is 0 Å². The lowest BCUT2D eigenvalue weighted by Gasteiger charge is -2.51. The summed E-state index contributed by atoms with van der Waals surface area (Å²) in [6.45, 7) is 2.30. The van der Waals surface area contributed by atoms with Crippen LogP contribution < -0.4 is 4.74 Å². The van der Waals surface area contributed by atoms with Gasteiger partial charge in [0.05, 0.1) is 7.11 Å². The fourth-order valence-electron chi connectivity index (χ4n) is 4.80. The molecule has 2 heteroatoms. The number of likely N-dealkylation sites (tertiary alicyclic amines) is 1. The van der Waals surface area contributed by atoms with Crippen LogP contribution in [0.25, 0.3) is 0 Å². The number of methoxy groups -OCH3 is 1. The Labute approximate surface area is 145 Å². The van der Waals surface area contributed by atoms with Gasteiger partial charge in [-0.25, -0.2) is 0 Å². The highest BCUT2D eigenvalue weighted by molar-refractivity contribution is 5.35. The Hall–Kier alpha value is -1.80. The van der Waals surface area contributed by atoms with E-state index < -0.39 is 0 Å². The van der Waals surface area contributed by atoms with Gasteiger partial charge in [0.25, 0.3) is 0 Å². The minimum Gasteiger partial charge on any atom is -0.497 e. The molecule has 1 aliphatic heterocycles. The van der Waals surface area contributed by atoms with Crippen LogP contribution in [0.1, 0.15) is 43.2 Å². The summed E-state index contributed by atoms with van der Waals surface area (Å²) in [6, 6.07) is 20.5. The second-order valence-electron chi connectivity index (χ2n) is 7.47. The van der Waals surface area contributed by atoms with E-state index in [1.807, 2.05) is 0 Å². The van der Waals surface area contributed by atoms with Crippen LogP contribution in [0.15, 0.2) is 54.6 Å². The summed E-state index contributed by atoms with van der Waals surface area (Å²) < 4.78 is 5.47. The molecule has 1 aliphatic carbocycles. The summed E-state index contributed by atoms with van der Waals surface area (Å²) >= 11 is 0. The summed E-state index contributed by atoms with van der Waals surface area (Å²) in [7, 11) is 1.77. The van der Waals surface area contributed by atoms with Crippen LogP contribution in [0.4, 0.5) is 0 Å². The third-order valence-electron chi connectivity index (χ3n) is 6.12. The molecular weight excluding hydrogens is 294 g/mol. The molecule has 2 fully saturated rings. The average molecular weight is 321 g/mol. The summed E-state index contributed by atoms with van der Waals surface area (Å²) in [4.78, 5) is 2.72. The number of ether oxygens (including phenoxy) is 1. The number of hydrogen-bond donors (Lipinski definition) is 0. The lowest BCUT2D eigenvalue weighted by Crippen LogP contribution is -2.51. The molecule has 0 amide bonds. The number of fused-ring (bicyclic) bond motifs is 2. The normalized spacial score (nSPS) is 27.0. The van der Waals surface area contributed by atoms with Gasteiger partial charge in [0.1, 0.15) is 5.75 Å².